The number of nitrogens with one attached hydrogen (secondary N) is 2. The van der Waals surface area contributed by atoms with Crippen LogP contribution in [-0.2, 0) is 16.0 Å². The molecule has 0 saturated heterocycles. The van der Waals surface area contributed by atoms with Crippen LogP contribution in [-0.4, -0.2) is 18.4 Å². The van der Waals surface area contributed by atoms with Crippen molar-refractivity contribution in [3.63, 3.8) is 0 Å². The number of anilines is 1. The molecule has 0 spiro atoms. The van der Waals surface area contributed by atoms with Crippen molar-refractivity contribution in [2.24, 2.45) is 11.8 Å². The van der Waals surface area contributed by atoms with E-state index in [9.17, 15) is 9.59 Å². The van der Waals surface area contributed by atoms with Gasteiger partial charge in [-0.2, -0.15) is 0 Å². The van der Waals surface area contributed by atoms with Crippen molar-refractivity contribution in [3.05, 3.63) is 64.7 Å². The number of hydrogen-bond donors (Lipinski definition) is 2. The summed E-state index contributed by atoms with van der Waals surface area (Å²) >= 11 is 6.12. The summed E-state index contributed by atoms with van der Waals surface area (Å²) in [7, 11) is 0. The highest BCUT2D eigenvalue weighted by Gasteiger charge is 2.30. The molecular weight excluding hydrogens is 372 g/mol. The largest absolute Gasteiger partial charge is 0.356 e. The summed E-state index contributed by atoms with van der Waals surface area (Å²) in [5.74, 6) is 0.0910. The second kappa shape index (κ2) is 9.74. The van der Waals surface area contributed by atoms with E-state index in [1.165, 1.54) is 5.56 Å². The molecule has 0 aliphatic heterocycles. The zero-order chi connectivity index (χ0) is 19.9. The molecule has 5 heteroatoms. The number of hydrogen-bond acceptors (Lipinski definition) is 2. The normalized spacial score (nSPS) is 19.1. The third-order valence-electron chi connectivity index (χ3n) is 5.55. The van der Waals surface area contributed by atoms with Crippen molar-refractivity contribution in [1.82, 2.24) is 5.32 Å². The van der Waals surface area contributed by atoms with Crippen LogP contribution in [0.2, 0.25) is 5.02 Å². The zero-order valence-corrected chi connectivity index (χ0v) is 17.0. The van der Waals surface area contributed by atoms with Crippen LogP contribution in [0.3, 0.4) is 0 Å². The van der Waals surface area contributed by atoms with E-state index >= 15 is 0 Å². The molecule has 0 unspecified atom stereocenters. The fourth-order valence-corrected chi connectivity index (χ4v) is 3.89. The van der Waals surface area contributed by atoms with Crippen molar-refractivity contribution in [2.45, 2.75) is 39.0 Å². The van der Waals surface area contributed by atoms with E-state index in [-0.39, 0.29) is 23.7 Å². The molecule has 1 aliphatic rings. The lowest BCUT2D eigenvalue weighted by Crippen LogP contribution is -2.36. The van der Waals surface area contributed by atoms with E-state index < -0.39 is 0 Å². The standard InChI is InChI=1S/C23H27ClN2O2/c1-16-20(24)8-5-9-21(16)26-23(28)19-12-10-18(11-13-19)22(27)25-15-14-17-6-3-2-4-7-17/h2-9,18-19H,10-15H2,1H3,(H,25,27)(H,26,28). The Labute approximate surface area is 171 Å². The average molecular weight is 399 g/mol. The van der Waals surface area contributed by atoms with Crippen molar-refractivity contribution in [1.29, 1.82) is 0 Å². The summed E-state index contributed by atoms with van der Waals surface area (Å²) in [4.78, 5) is 25.0. The first-order valence-corrected chi connectivity index (χ1v) is 10.3. The molecule has 0 atom stereocenters. The van der Waals surface area contributed by atoms with Gasteiger partial charge in [-0.05, 0) is 62.3 Å². The average Bonchev–Trinajstić information content (AvgIpc) is 2.72. The summed E-state index contributed by atoms with van der Waals surface area (Å²) < 4.78 is 0. The third kappa shape index (κ3) is 5.35. The maximum Gasteiger partial charge on any atom is 0.227 e. The number of benzene rings is 2. The molecule has 1 aliphatic carbocycles. The smallest absolute Gasteiger partial charge is 0.227 e. The Bertz CT molecular complexity index is 815. The molecule has 0 bridgehead atoms. The summed E-state index contributed by atoms with van der Waals surface area (Å²) in [5, 5.41) is 6.68. The summed E-state index contributed by atoms with van der Waals surface area (Å²) in [6.45, 7) is 2.55. The fraction of sp³-hybridized carbons (Fsp3) is 0.391. The van der Waals surface area contributed by atoms with Crippen molar-refractivity contribution >= 4 is 29.1 Å². The van der Waals surface area contributed by atoms with Gasteiger partial charge in [0.25, 0.3) is 0 Å². The topological polar surface area (TPSA) is 58.2 Å². The molecule has 1 saturated carbocycles. The van der Waals surface area contributed by atoms with Gasteiger partial charge in [0.15, 0.2) is 0 Å². The number of rotatable bonds is 6. The predicted molar refractivity (Wildman–Crippen MR) is 113 cm³/mol. The van der Waals surface area contributed by atoms with Crippen LogP contribution >= 0.6 is 11.6 Å². The minimum absolute atomic E-state index is 0.00716. The van der Waals surface area contributed by atoms with Crippen LogP contribution in [0.25, 0.3) is 0 Å². The van der Waals surface area contributed by atoms with Crippen LogP contribution in [0.5, 0.6) is 0 Å². The molecule has 28 heavy (non-hydrogen) atoms. The van der Waals surface area contributed by atoms with Crippen LogP contribution in [0.15, 0.2) is 48.5 Å². The SMILES string of the molecule is Cc1c(Cl)cccc1NC(=O)C1CCC(C(=O)NCCc2ccccc2)CC1. The lowest BCUT2D eigenvalue weighted by molar-refractivity contribution is -0.128. The molecule has 148 valence electrons. The number of carbonyl (C=O) groups is 2. The van der Waals surface area contributed by atoms with Gasteiger partial charge in [-0.3, -0.25) is 9.59 Å². The predicted octanol–water partition coefficient (Wildman–Crippen LogP) is 4.75. The van der Waals surface area contributed by atoms with Gasteiger partial charge in [-0.1, -0.05) is 48.0 Å². The van der Waals surface area contributed by atoms with Gasteiger partial charge in [-0.15, -0.1) is 0 Å². The Hall–Kier alpha value is -2.33. The van der Waals surface area contributed by atoms with Gasteiger partial charge < -0.3 is 10.6 Å². The summed E-state index contributed by atoms with van der Waals surface area (Å²) in [6.07, 6.45) is 3.82. The number of carbonyl (C=O) groups excluding carboxylic acids is 2. The minimum atomic E-state index is -0.0493. The quantitative estimate of drug-likeness (QED) is 0.737. The first kappa shape index (κ1) is 20.4. The molecule has 2 aromatic carbocycles. The third-order valence-corrected chi connectivity index (χ3v) is 5.96. The number of amides is 2. The van der Waals surface area contributed by atoms with Gasteiger partial charge in [-0.25, -0.2) is 0 Å². The lowest BCUT2D eigenvalue weighted by atomic mass is 9.81. The Balaban J connectivity index is 1.42. The zero-order valence-electron chi connectivity index (χ0n) is 16.2. The van der Waals surface area contributed by atoms with E-state index in [1.54, 1.807) is 0 Å². The molecule has 4 nitrogen and oxygen atoms in total. The second-order valence-electron chi connectivity index (χ2n) is 7.48. The molecule has 2 aromatic rings. The van der Waals surface area contributed by atoms with Crippen molar-refractivity contribution in [2.75, 3.05) is 11.9 Å². The summed E-state index contributed by atoms with van der Waals surface area (Å²) in [5.41, 5.74) is 2.86. The highest BCUT2D eigenvalue weighted by Crippen LogP contribution is 2.31. The maximum atomic E-state index is 12.6. The first-order valence-electron chi connectivity index (χ1n) is 9.92. The van der Waals surface area contributed by atoms with Gasteiger partial charge in [0.1, 0.15) is 0 Å². The van der Waals surface area contributed by atoms with Gasteiger partial charge in [0.05, 0.1) is 0 Å². The molecule has 2 N–H and O–H groups in total. The van der Waals surface area contributed by atoms with Crippen LogP contribution in [0, 0.1) is 18.8 Å². The van der Waals surface area contributed by atoms with E-state index in [0.717, 1.165) is 43.4 Å². The molecular formula is C23H27ClN2O2. The molecule has 1 fully saturated rings. The van der Waals surface area contributed by atoms with E-state index in [1.807, 2.05) is 43.3 Å². The highest BCUT2D eigenvalue weighted by molar-refractivity contribution is 6.31. The van der Waals surface area contributed by atoms with Gasteiger partial charge >= 0.3 is 0 Å². The van der Waals surface area contributed by atoms with Gasteiger partial charge in [0, 0.05) is 29.1 Å². The highest BCUT2D eigenvalue weighted by atomic mass is 35.5. The Morgan fingerprint density at radius 3 is 2.25 bits per heavy atom. The van der Waals surface area contributed by atoms with Crippen LogP contribution in [0.1, 0.15) is 36.8 Å². The summed E-state index contributed by atoms with van der Waals surface area (Å²) in [6, 6.07) is 15.7. The molecule has 2 amide bonds. The van der Waals surface area contributed by atoms with Crippen LogP contribution in [0.4, 0.5) is 5.69 Å². The van der Waals surface area contributed by atoms with Crippen LogP contribution < -0.4 is 10.6 Å². The fourth-order valence-electron chi connectivity index (χ4n) is 3.71. The van der Waals surface area contributed by atoms with Crippen molar-refractivity contribution < 1.29 is 9.59 Å². The van der Waals surface area contributed by atoms with Gasteiger partial charge in [0.2, 0.25) is 11.8 Å². The monoisotopic (exact) mass is 398 g/mol. The Kier molecular flexibility index (Phi) is 7.10. The molecule has 0 radical (unpaired) electrons. The molecule has 3 rings (SSSR count). The first-order chi connectivity index (χ1) is 13.5. The Morgan fingerprint density at radius 1 is 0.929 bits per heavy atom. The maximum absolute atomic E-state index is 12.6. The van der Waals surface area contributed by atoms with E-state index in [4.69, 9.17) is 11.6 Å². The minimum Gasteiger partial charge on any atom is -0.356 e. The second-order valence-corrected chi connectivity index (χ2v) is 7.88. The lowest BCUT2D eigenvalue weighted by Gasteiger charge is -2.27. The van der Waals surface area contributed by atoms with E-state index in [0.29, 0.717) is 11.6 Å². The number of halogens is 1. The van der Waals surface area contributed by atoms with Crippen molar-refractivity contribution in [3.8, 4) is 0 Å². The molecule has 0 heterocycles. The molecule has 0 aromatic heterocycles. The Morgan fingerprint density at radius 2 is 1.57 bits per heavy atom. The van der Waals surface area contributed by atoms with E-state index in [2.05, 4.69) is 22.8 Å².